The van der Waals surface area contributed by atoms with Crippen LogP contribution in [0.5, 0.6) is 0 Å². The van der Waals surface area contributed by atoms with Crippen molar-refractivity contribution in [2.45, 2.75) is 0 Å². The summed E-state index contributed by atoms with van der Waals surface area (Å²) in [7, 11) is 0. The Morgan fingerprint density at radius 3 is 1.25 bits per heavy atom. The summed E-state index contributed by atoms with van der Waals surface area (Å²) < 4.78 is 0. The van der Waals surface area contributed by atoms with Gasteiger partial charge in [0.1, 0.15) is 0 Å². The summed E-state index contributed by atoms with van der Waals surface area (Å²) in [5.74, 6) is 1.14. The van der Waals surface area contributed by atoms with Gasteiger partial charge in [0.05, 0.1) is 0 Å². The van der Waals surface area contributed by atoms with E-state index in [9.17, 15) is 0 Å². The van der Waals surface area contributed by atoms with Crippen LogP contribution in [-0.4, -0.2) is 0 Å². The highest BCUT2D eigenvalue weighted by atomic mass is 32.2. The Bertz CT molecular complexity index is 209. The molecule has 0 bridgehead atoms. The van der Waals surface area contributed by atoms with E-state index in [2.05, 4.69) is 45.9 Å². The van der Waals surface area contributed by atoms with Gasteiger partial charge in [0, 0.05) is 11.8 Å². The first kappa shape index (κ1) is 8.27. The molecule has 0 radical (unpaired) electrons. The van der Waals surface area contributed by atoms with Crippen molar-refractivity contribution in [3.05, 3.63) is 45.9 Å². The molecule has 0 saturated heterocycles. The Kier molecular flexibility index (Phi) is 2.79. The minimum absolute atomic E-state index is 0.569. The van der Waals surface area contributed by atoms with E-state index in [0.717, 1.165) is 0 Å². The monoisotopic (exact) mass is 194 g/mol. The molecule has 0 saturated carbocycles. The van der Waals surface area contributed by atoms with Crippen LogP contribution in [0.1, 0.15) is 0 Å². The minimum Gasteiger partial charge on any atom is -0.107 e. The molecular weight excluding hydrogens is 184 g/mol. The zero-order chi connectivity index (χ0) is 8.23. The van der Waals surface area contributed by atoms with Crippen molar-refractivity contribution in [2.75, 3.05) is 0 Å². The number of hydrogen-bond donors (Lipinski definition) is 0. The topological polar surface area (TPSA) is 0 Å². The van der Waals surface area contributed by atoms with Crippen LogP contribution in [0.25, 0.3) is 0 Å². The Morgan fingerprint density at radius 2 is 0.917 bits per heavy atom. The minimum atomic E-state index is 0.569. The van der Waals surface area contributed by atoms with Gasteiger partial charge in [-0.3, -0.25) is 0 Å². The number of allylic oxidation sites excluding steroid dienone is 4. The average molecular weight is 194 g/mol. The van der Waals surface area contributed by atoms with Crippen LogP contribution in [0.15, 0.2) is 45.9 Å². The largest absolute Gasteiger partial charge is 0.107 e. The van der Waals surface area contributed by atoms with Crippen LogP contribution in [0.3, 0.4) is 0 Å². The van der Waals surface area contributed by atoms with Crippen LogP contribution < -0.4 is 0 Å². The standard InChI is InChI=1S/C10H10S2/c1-5-11-6-2-9(1)10-3-7-12-8-4-10/h1-10H. The smallest absolute Gasteiger partial charge is 0.00612 e. The third-order valence-electron chi connectivity index (χ3n) is 1.96. The first-order valence-corrected chi connectivity index (χ1v) is 5.83. The predicted octanol–water partition coefficient (Wildman–Crippen LogP) is 3.77. The molecule has 0 spiro atoms. The lowest BCUT2D eigenvalue weighted by atomic mass is 9.92. The van der Waals surface area contributed by atoms with Gasteiger partial charge < -0.3 is 0 Å². The van der Waals surface area contributed by atoms with Crippen LogP contribution in [0, 0.1) is 11.8 Å². The Balaban J connectivity index is 2.07. The third-order valence-corrected chi connectivity index (χ3v) is 3.22. The zero-order valence-electron chi connectivity index (χ0n) is 6.59. The molecule has 0 amide bonds. The molecule has 0 nitrogen and oxygen atoms in total. The zero-order valence-corrected chi connectivity index (χ0v) is 8.22. The van der Waals surface area contributed by atoms with Gasteiger partial charge in [0.25, 0.3) is 0 Å². The van der Waals surface area contributed by atoms with Gasteiger partial charge in [-0.05, 0) is 21.6 Å². The molecule has 0 unspecified atom stereocenters. The van der Waals surface area contributed by atoms with Crippen molar-refractivity contribution >= 4 is 23.5 Å². The van der Waals surface area contributed by atoms with E-state index in [-0.39, 0.29) is 0 Å². The van der Waals surface area contributed by atoms with Gasteiger partial charge in [-0.1, -0.05) is 24.3 Å². The molecule has 0 aliphatic carbocycles. The highest BCUT2D eigenvalue weighted by Gasteiger charge is 2.13. The normalized spacial score (nSPS) is 23.7. The summed E-state index contributed by atoms with van der Waals surface area (Å²) in [5, 5.41) is 8.64. The van der Waals surface area contributed by atoms with Crippen molar-refractivity contribution in [2.24, 2.45) is 11.8 Å². The highest BCUT2D eigenvalue weighted by Crippen LogP contribution is 2.29. The fourth-order valence-electron chi connectivity index (χ4n) is 1.28. The second kappa shape index (κ2) is 4.06. The van der Waals surface area contributed by atoms with Gasteiger partial charge in [-0.2, -0.15) is 0 Å². The van der Waals surface area contributed by atoms with Crippen LogP contribution >= 0.6 is 23.5 Å². The van der Waals surface area contributed by atoms with E-state index < -0.39 is 0 Å². The molecule has 0 aromatic heterocycles. The van der Waals surface area contributed by atoms with Crippen molar-refractivity contribution in [1.82, 2.24) is 0 Å². The average Bonchev–Trinajstić information content (AvgIpc) is 2.21. The molecule has 2 heterocycles. The fraction of sp³-hybridized carbons (Fsp3) is 0.200. The summed E-state index contributed by atoms with van der Waals surface area (Å²) in [6.07, 6.45) is 9.06. The number of thioether (sulfide) groups is 2. The molecule has 0 fully saturated rings. The lowest BCUT2D eigenvalue weighted by molar-refractivity contribution is 0.677. The Morgan fingerprint density at radius 1 is 0.583 bits per heavy atom. The molecule has 0 N–H and O–H groups in total. The summed E-state index contributed by atoms with van der Waals surface area (Å²) in [6, 6.07) is 0. The molecule has 0 aromatic carbocycles. The van der Waals surface area contributed by atoms with E-state index >= 15 is 0 Å². The second-order valence-electron chi connectivity index (χ2n) is 2.74. The van der Waals surface area contributed by atoms with E-state index in [1.807, 2.05) is 0 Å². The van der Waals surface area contributed by atoms with Gasteiger partial charge in [-0.25, -0.2) is 0 Å². The first-order chi connectivity index (χ1) is 5.97. The quantitative estimate of drug-likeness (QED) is 0.623. The Hall–Kier alpha value is -0.340. The van der Waals surface area contributed by atoms with Crippen molar-refractivity contribution in [3.63, 3.8) is 0 Å². The molecule has 2 aliphatic heterocycles. The van der Waals surface area contributed by atoms with Crippen LogP contribution in [0.2, 0.25) is 0 Å². The maximum absolute atomic E-state index is 2.26. The molecule has 12 heavy (non-hydrogen) atoms. The Labute approximate surface area is 81.5 Å². The van der Waals surface area contributed by atoms with Crippen LogP contribution in [0.4, 0.5) is 0 Å². The van der Waals surface area contributed by atoms with E-state index in [4.69, 9.17) is 0 Å². The molecule has 0 atom stereocenters. The SMILES string of the molecule is C1=CC(C2C=CSC=C2)C=CS1. The van der Waals surface area contributed by atoms with E-state index in [0.29, 0.717) is 11.8 Å². The van der Waals surface area contributed by atoms with E-state index in [1.165, 1.54) is 0 Å². The predicted molar refractivity (Wildman–Crippen MR) is 58.7 cm³/mol. The van der Waals surface area contributed by atoms with Gasteiger partial charge >= 0.3 is 0 Å². The van der Waals surface area contributed by atoms with Crippen molar-refractivity contribution in [1.29, 1.82) is 0 Å². The number of rotatable bonds is 1. The highest BCUT2D eigenvalue weighted by molar-refractivity contribution is 8.05. The maximum atomic E-state index is 2.26. The summed E-state index contributed by atoms with van der Waals surface area (Å²) in [6.45, 7) is 0. The molecule has 2 aliphatic rings. The van der Waals surface area contributed by atoms with Gasteiger partial charge in [0.15, 0.2) is 0 Å². The summed E-state index contributed by atoms with van der Waals surface area (Å²) in [5.41, 5.74) is 0. The molecule has 62 valence electrons. The van der Waals surface area contributed by atoms with Gasteiger partial charge in [-0.15, -0.1) is 23.5 Å². The lowest BCUT2D eigenvalue weighted by Crippen LogP contribution is -2.06. The van der Waals surface area contributed by atoms with Crippen molar-refractivity contribution in [3.8, 4) is 0 Å². The maximum Gasteiger partial charge on any atom is 0.00612 e. The lowest BCUT2D eigenvalue weighted by Gasteiger charge is -2.18. The molecule has 0 aromatic rings. The summed E-state index contributed by atoms with van der Waals surface area (Å²) in [4.78, 5) is 0. The fourth-order valence-corrected chi connectivity index (χ4v) is 2.55. The van der Waals surface area contributed by atoms with Crippen molar-refractivity contribution < 1.29 is 0 Å². The molecule has 2 heteroatoms. The van der Waals surface area contributed by atoms with Gasteiger partial charge in [0.2, 0.25) is 0 Å². The first-order valence-electron chi connectivity index (χ1n) is 3.94. The summed E-state index contributed by atoms with van der Waals surface area (Å²) >= 11 is 3.50. The second-order valence-corrected chi connectivity index (χ2v) is 4.37. The number of hydrogen-bond acceptors (Lipinski definition) is 2. The molecule has 2 rings (SSSR count). The third kappa shape index (κ3) is 1.87. The van der Waals surface area contributed by atoms with Crippen LogP contribution in [-0.2, 0) is 0 Å². The molecular formula is C10H10S2. The van der Waals surface area contributed by atoms with E-state index in [1.54, 1.807) is 23.5 Å².